The molecule has 1 amide bonds. The lowest BCUT2D eigenvalue weighted by molar-refractivity contribution is -0.119. The van der Waals surface area contributed by atoms with E-state index in [1.54, 1.807) is 24.4 Å². The number of hydrogen-bond donors (Lipinski definition) is 2. The molecule has 0 bridgehead atoms. The molecule has 2 aromatic carbocycles. The van der Waals surface area contributed by atoms with Crippen LogP contribution in [0.3, 0.4) is 0 Å². The maximum Gasteiger partial charge on any atom is 0.227 e. The molecule has 174 valence electrons. The fourth-order valence-corrected chi connectivity index (χ4v) is 3.63. The third-order valence-corrected chi connectivity index (χ3v) is 5.91. The van der Waals surface area contributed by atoms with Crippen molar-refractivity contribution >= 4 is 28.9 Å². The summed E-state index contributed by atoms with van der Waals surface area (Å²) in [6.45, 7) is 7.10. The highest BCUT2D eigenvalue weighted by molar-refractivity contribution is 5.94. The molecule has 8 heteroatoms. The van der Waals surface area contributed by atoms with Crippen LogP contribution in [0.2, 0.25) is 0 Å². The van der Waals surface area contributed by atoms with Crippen LogP contribution in [0.4, 0.5) is 23.0 Å². The van der Waals surface area contributed by atoms with E-state index >= 15 is 0 Å². The average molecular weight is 457 g/mol. The summed E-state index contributed by atoms with van der Waals surface area (Å²) in [7, 11) is 0. The summed E-state index contributed by atoms with van der Waals surface area (Å²) in [5, 5.41) is 15.7. The third kappa shape index (κ3) is 5.50. The number of amides is 1. The molecular weight excluding hydrogens is 428 g/mol. The summed E-state index contributed by atoms with van der Waals surface area (Å²) >= 11 is 0. The van der Waals surface area contributed by atoms with Crippen LogP contribution in [0, 0.1) is 17.2 Å². The number of nitriles is 1. The zero-order valence-electron chi connectivity index (χ0n) is 19.4. The van der Waals surface area contributed by atoms with E-state index in [1.165, 1.54) is 0 Å². The molecule has 34 heavy (non-hydrogen) atoms. The summed E-state index contributed by atoms with van der Waals surface area (Å²) in [4.78, 5) is 23.5. The minimum atomic E-state index is -0.121. The van der Waals surface area contributed by atoms with Gasteiger partial charge in [0.2, 0.25) is 11.9 Å². The number of rotatable bonds is 7. The van der Waals surface area contributed by atoms with E-state index in [0.717, 1.165) is 49.7 Å². The lowest BCUT2D eigenvalue weighted by atomic mass is 10.0. The average Bonchev–Trinajstić information content (AvgIpc) is 2.89. The predicted octanol–water partition coefficient (Wildman–Crippen LogP) is 4.58. The second kappa shape index (κ2) is 10.8. The minimum Gasteiger partial charge on any atom is -0.378 e. The van der Waals surface area contributed by atoms with Gasteiger partial charge in [0.1, 0.15) is 6.07 Å². The van der Waals surface area contributed by atoms with Crippen molar-refractivity contribution < 1.29 is 9.53 Å². The van der Waals surface area contributed by atoms with Gasteiger partial charge in [-0.2, -0.15) is 5.26 Å². The molecule has 1 unspecified atom stereocenters. The number of aromatic nitrogens is 2. The van der Waals surface area contributed by atoms with Crippen LogP contribution >= 0.6 is 0 Å². The molecule has 2 heterocycles. The molecule has 3 aromatic rings. The molecule has 0 aliphatic carbocycles. The first-order valence-corrected chi connectivity index (χ1v) is 11.5. The Balaban J connectivity index is 1.49. The molecule has 0 radical (unpaired) electrons. The number of hydrogen-bond acceptors (Lipinski definition) is 7. The Morgan fingerprint density at radius 2 is 1.94 bits per heavy atom. The summed E-state index contributed by atoms with van der Waals surface area (Å²) in [5.74, 6) is 0.244. The van der Waals surface area contributed by atoms with Crippen LogP contribution in [0.25, 0.3) is 11.3 Å². The van der Waals surface area contributed by atoms with E-state index in [2.05, 4.69) is 43.7 Å². The monoisotopic (exact) mass is 456 g/mol. The fourth-order valence-electron chi connectivity index (χ4n) is 3.63. The zero-order valence-corrected chi connectivity index (χ0v) is 19.4. The van der Waals surface area contributed by atoms with Crippen LogP contribution in [-0.4, -0.2) is 42.2 Å². The first-order valence-electron chi connectivity index (χ1n) is 11.5. The number of ether oxygens (including phenoxy) is 1. The zero-order chi connectivity index (χ0) is 23.9. The molecule has 1 aliphatic rings. The molecule has 0 saturated carbocycles. The molecule has 2 N–H and O–H groups in total. The van der Waals surface area contributed by atoms with E-state index in [4.69, 9.17) is 4.74 Å². The Bertz CT molecular complexity index is 1180. The number of benzene rings is 2. The quantitative estimate of drug-likeness (QED) is 0.536. The smallest absolute Gasteiger partial charge is 0.227 e. The molecule has 1 fully saturated rings. The molecule has 0 spiro atoms. The molecular formula is C26H28N6O2. The minimum absolute atomic E-state index is 0.0973. The highest BCUT2D eigenvalue weighted by atomic mass is 16.5. The number of carbonyl (C=O) groups excluding carboxylic acids is 1. The van der Waals surface area contributed by atoms with Crippen molar-refractivity contribution in [3.63, 3.8) is 0 Å². The maximum absolute atomic E-state index is 12.2. The first-order chi connectivity index (χ1) is 16.6. The van der Waals surface area contributed by atoms with Crippen LogP contribution in [0.1, 0.15) is 25.8 Å². The van der Waals surface area contributed by atoms with Gasteiger partial charge >= 0.3 is 0 Å². The highest BCUT2D eigenvalue weighted by Crippen LogP contribution is 2.26. The van der Waals surface area contributed by atoms with Crippen molar-refractivity contribution in [2.45, 2.75) is 20.3 Å². The van der Waals surface area contributed by atoms with Gasteiger partial charge in [-0.25, -0.2) is 9.97 Å². The van der Waals surface area contributed by atoms with E-state index < -0.39 is 0 Å². The van der Waals surface area contributed by atoms with E-state index in [0.29, 0.717) is 22.9 Å². The standard InChI is InChI=1S/C26H28N6O2/c1-3-18(2)25(33)30-23-9-4-19(16-20(23)17-27)24-10-11-28-26(31-24)29-21-5-7-22(8-6-21)32-12-14-34-15-13-32/h4-11,16,18H,3,12-15H2,1-2H3,(H,30,33)(H,28,29,31). The van der Waals surface area contributed by atoms with Gasteiger partial charge in [-0.1, -0.05) is 19.9 Å². The highest BCUT2D eigenvalue weighted by Gasteiger charge is 2.14. The second-order valence-corrected chi connectivity index (χ2v) is 8.21. The van der Waals surface area contributed by atoms with Gasteiger partial charge < -0.3 is 20.3 Å². The predicted molar refractivity (Wildman–Crippen MR) is 133 cm³/mol. The number of anilines is 4. The summed E-state index contributed by atoms with van der Waals surface area (Å²) in [6.07, 6.45) is 2.41. The largest absolute Gasteiger partial charge is 0.378 e. The molecule has 4 rings (SSSR count). The van der Waals surface area contributed by atoms with Crippen LogP contribution in [0.15, 0.2) is 54.7 Å². The third-order valence-electron chi connectivity index (χ3n) is 5.91. The van der Waals surface area contributed by atoms with E-state index in [9.17, 15) is 10.1 Å². The van der Waals surface area contributed by atoms with Crippen molar-refractivity contribution in [3.8, 4) is 17.3 Å². The number of nitrogens with one attached hydrogen (secondary N) is 2. The SMILES string of the molecule is CCC(C)C(=O)Nc1ccc(-c2ccnc(Nc3ccc(N4CCOCC4)cc3)n2)cc1C#N. The van der Waals surface area contributed by atoms with Crippen molar-refractivity contribution in [2.24, 2.45) is 5.92 Å². The summed E-state index contributed by atoms with van der Waals surface area (Å²) < 4.78 is 5.42. The Labute approximate surface area is 199 Å². The Morgan fingerprint density at radius 3 is 2.65 bits per heavy atom. The molecule has 1 atom stereocenters. The van der Waals surface area contributed by atoms with Gasteiger partial charge in [-0.05, 0) is 48.9 Å². The van der Waals surface area contributed by atoms with Gasteiger partial charge in [-0.3, -0.25) is 4.79 Å². The van der Waals surface area contributed by atoms with Crippen molar-refractivity contribution in [1.82, 2.24) is 9.97 Å². The Hall–Kier alpha value is -3.96. The van der Waals surface area contributed by atoms with Gasteiger partial charge in [0.05, 0.1) is 30.2 Å². The normalized spacial score (nSPS) is 14.2. The fraction of sp³-hybridized carbons (Fsp3) is 0.308. The van der Waals surface area contributed by atoms with E-state index in [1.807, 2.05) is 32.0 Å². The second-order valence-electron chi connectivity index (χ2n) is 8.21. The number of nitrogens with zero attached hydrogens (tertiary/aromatic N) is 4. The van der Waals surface area contributed by atoms with Gasteiger partial charge in [0.25, 0.3) is 0 Å². The van der Waals surface area contributed by atoms with Crippen LogP contribution in [0.5, 0.6) is 0 Å². The molecule has 8 nitrogen and oxygen atoms in total. The van der Waals surface area contributed by atoms with Gasteiger partial charge in [-0.15, -0.1) is 0 Å². The molecule has 1 aromatic heterocycles. The lowest BCUT2D eigenvalue weighted by Crippen LogP contribution is -2.36. The first kappa shape index (κ1) is 23.2. The number of morpholine rings is 1. The molecule has 1 saturated heterocycles. The van der Waals surface area contributed by atoms with Crippen molar-refractivity contribution in [2.75, 3.05) is 41.8 Å². The Kier molecular flexibility index (Phi) is 7.35. The van der Waals surface area contributed by atoms with Crippen LogP contribution < -0.4 is 15.5 Å². The lowest BCUT2D eigenvalue weighted by Gasteiger charge is -2.28. The van der Waals surface area contributed by atoms with Crippen molar-refractivity contribution in [1.29, 1.82) is 5.26 Å². The summed E-state index contributed by atoms with van der Waals surface area (Å²) in [5.41, 5.74) is 4.39. The van der Waals surface area contributed by atoms with Gasteiger partial charge in [0.15, 0.2) is 0 Å². The molecule has 1 aliphatic heterocycles. The number of carbonyl (C=O) groups is 1. The maximum atomic E-state index is 12.2. The Morgan fingerprint density at radius 1 is 1.18 bits per heavy atom. The topological polar surface area (TPSA) is 103 Å². The van der Waals surface area contributed by atoms with Crippen molar-refractivity contribution in [3.05, 3.63) is 60.3 Å². The van der Waals surface area contributed by atoms with Gasteiger partial charge in [0, 0.05) is 42.1 Å². The van der Waals surface area contributed by atoms with Crippen LogP contribution in [-0.2, 0) is 9.53 Å². The summed E-state index contributed by atoms with van der Waals surface area (Å²) in [6, 6.07) is 17.4. The van der Waals surface area contributed by atoms with E-state index in [-0.39, 0.29) is 11.8 Å².